The van der Waals surface area contributed by atoms with Crippen LogP contribution in [-0.4, -0.2) is 41.7 Å². The van der Waals surface area contributed by atoms with Crippen LogP contribution in [0.3, 0.4) is 0 Å². The largest absolute Gasteiger partial charge is 0.372 e. The molecule has 1 aliphatic rings. The summed E-state index contributed by atoms with van der Waals surface area (Å²) < 4.78 is 1.48. The summed E-state index contributed by atoms with van der Waals surface area (Å²) in [6.07, 6.45) is 6.91. The molecule has 0 bridgehead atoms. The van der Waals surface area contributed by atoms with Crippen molar-refractivity contribution in [2.75, 3.05) is 30.4 Å². The standard InChI is InChI=1S/C18H23N5O2/c1-19-17(24)13-23-12-15(11-20-23)21-18(25)14-5-7-16(8-6-14)22-9-3-2-4-10-22/h5-8,11-12H,2-4,9-10,13H2,1H3,(H,19,24)(H,21,25). The average Bonchev–Trinajstić information content (AvgIpc) is 3.09. The number of benzene rings is 1. The fraction of sp³-hybridized carbons (Fsp3) is 0.389. The van der Waals surface area contributed by atoms with Crippen LogP contribution in [-0.2, 0) is 11.3 Å². The number of nitrogens with zero attached hydrogens (tertiary/aromatic N) is 3. The Balaban J connectivity index is 1.60. The van der Waals surface area contributed by atoms with E-state index in [0.717, 1.165) is 18.8 Å². The number of carbonyl (C=O) groups is 2. The average molecular weight is 341 g/mol. The minimum absolute atomic E-state index is 0.122. The molecule has 132 valence electrons. The maximum absolute atomic E-state index is 12.3. The highest BCUT2D eigenvalue weighted by Crippen LogP contribution is 2.20. The van der Waals surface area contributed by atoms with E-state index < -0.39 is 0 Å². The van der Waals surface area contributed by atoms with Crippen LogP contribution in [0.1, 0.15) is 29.6 Å². The van der Waals surface area contributed by atoms with Crippen molar-refractivity contribution in [1.29, 1.82) is 0 Å². The zero-order valence-electron chi connectivity index (χ0n) is 14.4. The van der Waals surface area contributed by atoms with E-state index in [1.165, 1.54) is 30.1 Å². The van der Waals surface area contributed by atoms with Gasteiger partial charge in [-0.15, -0.1) is 0 Å². The van der Waals surface area contributed by atoms with E-state index in [0.29, 0.717) is 11.3 Å². The molecule has 0 atom stereocenters. The number of piperidine rings is 1. The molecular weight excluding hydrogens is 318 g/mol. The molecule has 2 heterocycles. The highest BCUT2D eigenvalue weighted by atomic mass is 16.2. The second-order valence-corrected chi connectivity index (χ2v) is 6.15. The van der Waals surface area contributed by atoms with E-state index in [2.05, 4.69) is 20.6 Å². The summed E-state index contributed by atoms with van der Waals surface area (Å²) >= 11 is 0. The molecular formula is C18H23N5O2. The zero-order valence-corrected chi connectivity index (χ0v) is 14.4. The van der Waals surface area contributed by atoms with Crippen molar-refractivity contribution in [3.05, 3.63) is 42.2 Å². The normalized spacial score (nSPS) is 14.2. The van der Waals surface area contributed by atoms with Gasteiger partial charge in [0.15, 0.2) is 0 Å². The second kappa shape index (κ2) is 7.83. The third-order valence-corrected chi connectivity index (χ3v) is 4.33. The van der Waals surface area contributed by atoms with Crippen LogP contribution in [0.4, 0.5) is 11.4 Å². The van der Waals surface area contributed by atoms with Gasteiger partial charge in [-0.1, -0.05) is 0 Å². The van der Waals surface area contributed by atoms with Gasteiger partial charge in [-0.25, -0.2) is 0 Å². The van der Waals surface area contributed by atoms with Crippen LogP contribution in [0.25, 0.3) is 0 Å². The van der Waals surface area contributed by atoms with Crippen LogP contribution in [0.5, 0.6) is 0 Å². The van der Waals surface area contributed by atoms with Gasteiger partial charge in [0.2, 0.25) is 5.91 Å². The first-order valence-corrected chi connectivity index (χ1v) is 8.55. The molecule has 7 heteroatoms. The van der Waals surface area contributed by atoms with Gasteiger partial charge in [-0.05, 0) is 43.5 Å². The van der Waals surface area contributed by atoms with Crippen LogP contribution in [0, 0.1) is 0 Å². The summed E-state index contributed by atoms with van der Waals surface area (Å²) in [7, 11) is 1.57. The molecule has 2 N–H and O–H groups in total. The first-order valence-electron chi connectivity index (χ1n) is 8.55. The molecule has 2 amide bonds. The summed E-state index contributed by atoms with van der Waals surface area (Å²) in [6, 6.07) is 7.67. The number of nitrogens with one attached hydrogen (secondary N) is 2. The fourth-order valence-electron chi connectivity index (χ4n) is 2.92. The van der Waals surface area contributed by atoms with Gasteiger partial charge in [0.25, 0.3) is 5.91 Å². The SMILES string of the molecule is CNC(=O)Cn1cc(NC(=O)c2ccc(N3CCCCC3)cc2)cn1. The van der Waals surface area contributed by atoms with E-state index in [4.69, 9.17) is 0 Å². The molecule has 1 fully saturated rings. The van der Waals surface area contributed by atoms with Gasteiger partial charge in [-0.3, -0.25) is 14.3 Å². The van der Waals surface area contributed by atoms with Gasteiger partial charge >= 0.3 is 0 Å². The molecule has 1 aromatic heterocycles. The third-order valence-electron chi connectivity index (χ3n) is 4.33. The van der Waals surface area contributed by atoms with Gasteiger partial charge in [-0.2, -0.15) is 5.10 Å². The predicted octanol–water partition coefficient (Wildman–Crippen LogP) is 1.87. The molecule has 0 radical (unpaired) electrons. The Morgan fingerprint density at radius 1 is 1.12 bits per heavy atom. The minimum Gasteiger partial charge on any atom is -0.372 e. The highest BCUT2D eigenvalue weighted by Gasteiger charge is 2.12. The number of amides is 2. The van der Waals surface area contributed by atoms with Crippen molar-refractivity contribution in [1.82, 2.24) is 15.1 Å². The molecule has 7 nitrogen and oxygen atoms in total. The zero-order chi connectivity index (χ0) is 17.6. The summed E-state index contributed by atoms with van der Waals surface area (Å²) in [6.45, 7) is 2.28. The van der Waals surface area contributed by atoms with E-state index in [1.54, 1.807) is 13.2 Å². The van der Waals surface area contributed by atoms with Crippen molar-refractivity contribution >= 4 is 23.2 Å². The number of hydrogen-bond acceptors (Lipinski definition) is 4. The van der Waals surface area contributed by atoms with Crippen molar-refractivity contribution in [3.63, 3.8) is 0 Å². The molecule has 0 unspecified atom stereocenters. The lowest BCUT2D eigenvalue weighted by atomic mass is 10.1. The maximum atomic E-state index is 12.3. The number of rotatable bonds is 5. The Morgan fingerprint density at radius 3 is 2.52 bits per heavy atom. The minimum atomic E-state index is -0.190. The first-order chi connectivity index (χ1) is 12.2. The van der Waals surface area contributed by atoms with Gasteiger partial charge in [0.05, 0.1) is 11.9 Å². The summed E-state index contributed by atoms with van der Waals surface area (Å²) in [5, 5.41) is 9.39. The Hall–Kier alpha value is -2.83. The van der Waals surface area contributed by atoms with E-state index in [9.17, 15) is 9.59 Å². The Bertz CT molecular complexity index is 732. The Kier molecular flexibility index (Phi) is 5.33. The van der Waals surface area contributed by atoms with Gasteiger partial charge in [0, 0.05) is 37.6 Å². The summed E-state index contributed by atoms with van der Waals surface area (Å²) in [5.74, 6) is -0.334. The molecule has 0 aliphatic carbocycles. The van der Waals surface area contributed by atoms with Gasteiger partial charge in [0.1, 0.15) is 6.54 Å². The first kappa shape index (κ1) is 17.0. The molecule has 2 aromatic rings. The number of aromatic nitrogens is 2. The number of carbonyl (C=O) groups excluding carboxylic acids is 2. The molecule has 3 rings (SSSR count). The van der Waals surface area contributed by atoms with E-state index in [1.807, 2.05) is 24.3 Å². The quantitative estimate of drug-likeness (QED) is 0.870. The molecule has 1 aromatic carbocycles. The Labute approximate surface area is 147 Å². The van der Waals surface area contributed by atoms with Crippen LogP contribution in [0.15, 0.2) is 36.7 Å². The fourth-order valence-corrected chi connectivity index (χ4v) is 2.92. The topological polar surface area (TPSA) is 79.3 Å². The third kappa shape index (κ3) is 4.37. The lowest BCUT2D eigenvalue weighted by Crippen LogP contribution is -2.29. The molecule has 0 saturated carbocycles. The van der Waals surface area contributed by atoms with Crippen LogP contribution in [0.2, 0.25) is 0 Å². The monoisotopic (exact) mass is 341 g/mol. The smallest absolute Gasteiger partial charge is 0.255 e. The molecule has 0 spiro atoms. The van der Waals surface area contributed by atoms with Crippen molar-refractivity contribution in [3.8, 4) is 0 Å². The Morgan fingerprint density at radius 2 is 1.84 bits per heavy atom. The van der Waals surface area contributed by atoms with Crippen molar-refractivity contribution in [2.45, 2.75) is 25.8 Å². The highest BCUT2D eigenvalue weighted by molar-refractivity contribution is 6.04. The number of anilines is 2. The van der Waals surface area contributed by atoms with Gasteiger partial charge < -0.3 is 15.5 Å². The van der Waals surface area contributed by atoms with Crippen LogP contribution >= 0.6 is 0 Å². The van der Waals surface area contributed by atoms with Crippen molar-refractivity contribution < 1.29 is 9.59 Å². The summed E-state index contributed by atoms with van der Waals surface area (Å²) in [4.78, 5) is 26.0. The van der Waals surface area contributed by atoms with E-state index >= 15 is 0 Å². The molecule has 1 aliphatic heterocycles. The lowest BCUT2D eigenvalue weighted by molar-refractivity contribution is -0.121. The summed E-state index contributed by atoms with van der Waals surface area (Å²) in [5.41, 5.74) is 2.32. The maximum Gasteiger partial charge on any atom is 0.255 e. The lowest BCUT2D eigenvalue weighted by Gasteiger charge is -2.28. The number of hydrogen-bond donors (Lipinski definition) is 2. The van der Waals surface area contributed by atoms with E-state index in [-0.39, 0.29) is 18.4 Å². The number of likely N-dealkylation sites (N-methyl/N-ethyl adjacent to an activating group) is 1. The molecule has 25 heavy (non-hydrogen) atoms. The molecule has 1 saturated heterocycles. The van der Waals surface area contributed by atoms with Crippen LogP contribution < -0.4 is 15.5 Å². The second-order valence-electron chi connectivity index (χ2n) is 6.15. The predicted molar refractivity (Wildman–Crippen MR) is 96.8 cm³/mol. The van der Waals surface area contributed by atoms with Crippen molar-refractivity contribution in [2.24, 2.45) is 0 Å².